The van der Waals surface area contributed by atoms with Crippen molar-refractivity contribution in [3.05, 3.63) is 54.1 Å². The van der Waals surface area contributed by atoms with Crippen molar-refractivity contribution in [1.82, 2.24) is 4.90 Å². The summed E-state index contributed by atoms with van der Waals surface area (Å²) in [5.74, 6) is -1.96. The molecule has 0 spiro atoms. The molecule has 0 bridgehead atoms. The molecule has 2 aromatic rings. The lowest BCUT2D eigenvalue weighted by Gasteiger charge is -2.38. The minimum atomic E-state index is -0.988. The number of phenols is 1. The van der Waals surface area contributed by atoms with Crippen molar-refractivity contribution in [3.63, 3.8) is 0 Å². The topological polar surface area (TPSA) is 55.8 Å². The average molecular weight is 361 g/mol. The van der Waals surface area contributed by atoms with E-state index in [0.717, 1.165) is 30.9 Å². The first-order chi connectivity index (χ1) is 12.4. The van der Waals surface area contributed by atoms with Gasteiger partial charge in [0, 0.05) is 43.6 Å². The molecule has 0 unspecified atom stereocenters. The van der Waals surface area contributed by atoms with Crippen LogP contribution in [0.5, 0.6) is 5.75 Å². The number of aromatic hydroxyl groups is 1. The second-order valence-electron chi connectivity index (χ2n) is 6.33. The van der Waals surface area contributed by atoms with Crippen molar-refractivity contribution >= 4 is 17.3 Å². The molecule has 0 aliphatic carbocycles. The number of hydrogen-bond acceptors (Lipinski definition) is 4. The lowest BCUT2D eigenvalue weighted by Crippen LogP contribution is -2.52. The minimum absolute atomic E-state index is 0.231. The summed E-state index contributed by atoms with van der Waals surface area (Å²) >= 11 is 0. The van der Waals surface area contributed by atoms with Crippen LogP contribution in [0.3, 0.4) is 0 Å². The Labute approximate surface area is 150 Å². The fraction of sp³-hybridized carbons (Fsp3) is 0.316. The first-order valence-electron chi connectivity index (χ1n) is 8.48. The number of benzene rings is 2. The Bertz CT molecular complexity index is 775. The normalized spacial score (nSPS) is 16.3. The van der Waals surface area contributed by atoms with Crippen LogP contribution in [0.1, 0.15) is 6.92 Å². The summed E-state index contributed by atoms with van der Waals surface area (Å²) in [6.45, 7) is 4.72. The van der Waals surface area contributed by atoms with E-state index in [2.05, 4.69) is 10.2 Å². The Morgan fingerprint density at radius 3 is 2.31 bits per heavy atom. The van der Waals surface area contributed by atoms with Gasteiger partial charge in [-0.05, 0) is 43.3 Å². The lowest BCUT2D eigenvalue weighted by atomic mass is 10.2. The van der Waals surface area contributed by atoms with Gasteiger partial charge in [-0.3, -0.25) is 9.69 Å². The van der Waals surface area contributed by atoms with Gasteiger partial charge < -0.3 is 15.3 Å². The molecule has 0 aromatic heterocycles. The monoisotopic (exact) mass is 361 g/mol. The van der Waals surface area contributed by atoms with Gasteiger partial charge in [-0.1, -0.05) is 0 Å². The van der Waals surface area contributed by atoms with E-state index >= 15 is 0 Å². The second kappa shape index (κ2) is 7.70. The van der Waals surface area contributed by atoms with Gasteiger partial charge in [0.2, 0.25) is 5.91 Å². The molecule has 1 atom stereocenters. The number of rotatable bonds is 4. The molecule has 0 saturated carbocycles. The van der Waals surface area contributed by atoms with Gasteiger partial charge in [-0.2, -0.15) is 0 Å². The Hall–Kier alpha value is -2.67. The van der Waals surface area contributed by atoms with Crippen molar-refractivity contribution in [3.8, 4) is 5.75 Å². The predicted octanol–water partition coefficient (Wildman–Crippen LogP) is 2.82. The van der Waals surface area contributed by atoms with Crippen LogP contribution >= 0.6 is 0 Å². The van der Waals surface area contributed by atoms with Crippen LogP contribution in [0.4, 0.5) is 20.2 Å². The molecule has 2 N–H and O–H groups in total. The van der Waals surface area contributed by atoms with E-state index in [-0.39, 0.29) is 23.4 Å². The first-order valence-corrected chi connectivity index (χ1v) is 8.48. The van der Waals surface area contributed by atoms with Crippen LogP contribution in [0.2, 0.25) is 0 Å². The van der Waals surface area contributed by atoms with Crippen molar-refractivity contribution in [2.45, 2.75) is 13.0 Å². The number of nitrogens with one attached hydrogen (secondary N) is 1. The summed E-state index contributed by atoms with van der Waals surface area (Å²) in [5.41, 5.74) is 1.27. The molecule has 138 valence electrons. The number of phenolic OH excluding ortho intramolecular Hbond substituents is 1. The third kappa shape index (κ3) is 4.11. The molecule has 1 heterocycles. The zero-order chi connectivity index (χ0) is 18.7. The SMILES string of the molecule is C[C@@H](C(=O)Nc1ccc(F)c(F)c1)N1CCN(c2ccc(O)cc2)CC1. The number of amides is 1. The second-order valence-corrected chi connectivity index (χ2v) is 6.33. The highest BCUT2D eigenvalue weighted by Gasteiger charge is 2.26. The standard InChI is InChI=1S/C19H21F2N3O2/c1-13(19(26)22-14-2-7-17(20)18(21)12-14)23-8-10-24(11-9-23)15-3-5-16(25)6-4-15/h2-7,12-13,25H,8-11H2,1H3,(H,22,26)/t13-/m0/s1. The largest absolute Gasteiger partial charge is 0.508 e. The Morgan fingerprint density at radius 1 is 1.04 bits per heavy atom. The molecular formula is C19H21F2N3O2. The molecule has 1 saturated heterocycles. The van der Waals surface area contributed by atoms with Gasteiger partial charge >= 0.3 is 0 Å². The predicted molar refractivity (Wildman–Crippen MR) is 96.3 cm³/mol. The van der Waals surface area contributed by atoms with Crippen LogP contribution in [0.15, 0.2) is 42.5 Å². The summed E-state index contributed by atoms with van der Waals surface area (Å²) in [6, 6.07) is 9.96. The quantitative estimate of drug-likeness (QED) is 0.879. The first kappa shape index (κ1) is 18.1. The van der Waals surface area contributed by atoms with Gasteiger partial charge in [0.05, 0.1) is 6.04 Å². The number of piperazine rings is 1. The van der Waals surface area contributed by atoms with Gasteiger partial charge in [-0.15, -0.1) is 0 Å². The summed E-state index contributed by atoms with van der Waals surface area (Å²) in [5, 5.41) is 12.0. The molecule has 1 fully saturated rings. The Kier molecular flexibility index (Phi) is 5.37. The minimum Gasteiger partial charge on any atom is -0.508 e. The zero-order valence-electron chi connectivity index (χ0n) is 14.5. The smallest absolute Gasteiger partial charge is 0.241 e. The third-order valence-corrected chi connectivity index (χ3v) is 4.64. The number of nitrogens with zero attached hydrogens (tertiary/aromatic N) is 2. The molecule has 26 heavy (non-hydrogen) atoms. The zero-order valence-corrected chi connectivity index (χ0v) is 14.5. The Morgan fingerprint density at radius 2 is 1.69 bits per heavy atom. The maximum absolute atomic E-state index is 13.3. The van der Waals surface area contributed by atoms with Crippen molar-refractivity contribution in [2.24, 2.45) is 0 Å². The number of carbonyl (C=O) groups excluding carboxylic acids is 1. The lowest BCUT2D eigenvalue weighted by molar-refractivity contribution is -0.120. The molecule has 1 aliphatic heterocycles. The van der Waals surface area contributed by atoms with Crippen molar-refractivity contribution in [1.29, 1.82) is 0 Å². The third-order valence-electron chi connectivity index (χ3n) is 4.64. The van der Waals surface area contributed by atoms with E-state index in [0.29, 0.717) is 13.1 Å². The molecule has 1 aliphatic rings. The van der Waals surface area contributed by atoms with E-state index < -0.39 is 11.6 Å². The van der Waals surface area contributed by atoms with Crippen LogP contribution < -0.4 is 10.2 Å². The fourth-order valence-electron chi connectivity index (χ4n) is 3.02. The molecular weight excluding hydrogens is 340 g/mol. The number of halogens is 2. The molecule has 5 nitrogen and oxygen atoms in total. The maximum Gasteiger partial charge on any atom is 0.241 e. The highest BCUT2D eigenvalue weighted by Crippen LogP contribution is 2.21. The molecule has 0 radical (unpaired) electrons. The van der Waals surface area contributed by atoms with Gasteiger partial charge in [0.1, 0.15) is 5.75 Å². The van der Waals surface area contributed by atoms with E-state index in [1.807, 2.05) is 17.0 Å². The van der Waals surface area contributed by atoms with E-state index in [1.165, 1.54) is 6.07 Å². The number of carbonyl (C=O) groups is 1. The van der Waals surface area contributed by atoms with Gasteiger partial charge in [-0.25, -0.2) is 8.78 Å². The van der Waals surface area contributed by atoms with Crippen molar-refractivity contribution in [2.75, 3.05) is 36.4 Å². The summed E-state index contributed by atoms with van der Waals surface area (Å²) in [6.07, 6.45) is 0. The highest BCUT2D eigenvalue weighted by molar-refractivity contribution is 5.94. The average Bonchev–Trinajstić information content (AvgIpc) is 2.65. The number of anilines is 2. The van der Waals surface area contributed by atoms with Crippen LogP contribution in [-0.4, -0.2) is 48.1 Å². The van der Waals surface area contributed by atoms with E-state index in [1.54, 1.807) is 19.1 Å². The van der Waals surface area contributed by atoms with Crippen LogP contribution in [0, 0.1) is 11.6 Å². The van der Waals surface area contributed by atoms with Crippen molar-refractivity contribution < 1.29 is 18.7 Å². The Balaban J connectivity index is 1.55. The number of hydrogen-bond donors (Lipinski definition) is 2. The molecule has 3 rings (SSSR count). The molecule has 1 amide bonds. The van der Waals surface area contributed by atoms with E-state index in [4.69, 9.17) is 0 Å². The maximum atomic E-state index is 13.3. The summed E-state index contributed by atoms with van der Waals surface area (Å²) in [4.78, 5) is 16.6. The molecule has 7 heteroatoms. The summed E-state index contributed by atoms with van der Waals surface area (Å²) < 4.78 is 26.2. The van der Waals surface area contributed by atoms with E-state index in [9.17, 15) is 18.7 Å². The fourth-order valence-corrected chi connectivity index (χ4v) is 3.02. The van der Waals surface area contributed by atoms with Gasteiger partial charge in [0.15, 0.2) is 11.6 Å². The highest BCUT2D eigenvalue weighted by atomic mass is 19.2. The van der Waals surface area contributed by atoms with Gasteiger partial charge in [0.25, 0.3) is 0 Å². The van der Waals surface area contributed by atoms with Crippen LogP contribution in [-0.2, 0) is 4.79 Å². The van der Waals surface area contributed by atoms with Crippen LogP contribution in [0.25, 0.3) is 0 Å². The molecule has 2 aromatic carbocycles. The summed E-state index contributed by atoms with van der Waals surface area (Å²) in [7, 11) is 0.